The van der Waals surface area contributed by atoms with Crippen molar-refractivity contribution < 1.29 is 18.7 Å². The molecule has 0 aliphatic heterocycles. The summed E-state index contributed by atoms with van der Waals surface area (Å²) in [5.74, 6) is -0.827. The van der Waals surface area contributed by atoms with Crippen molar-refractivity contribution in [2.75, 3.05) is 11.9 Å². The fourth-order valence-corrected chi connectivity index (χ4v) is 2.13. The number of benzene rings is 2. The van der Waals surface area contributed by atoms with E-state index in [2.05, 4.69) is 10.6 Å². The molecule has 132 valence electrons. The molecule has 2 aromatic rings. The summed E-state index contributed by atoms with van der Waals surface area (Å²) < 4.78 is 18.3. The number of rotatable bonds is 6. The van der Waals surface area contributed by atoms with Crippen LogP contribution < -0.4 is 15.4 Å². The maximum Gasteiger partial charge on any atom is 0.262 e. The van der Waals surface area contributed by atoms with Crippen LogP contribution >= 0.6 is 11.6 Å². The molecule has 0 bridgehead atoms. The molecule has 2 N–H and O–H groups in total. The average molecular weight is 365 g/mol. The number of hydrogen-bond donors (Lipinski definition) is 2. The summed E-state index contributed by atoms with van der Waals surface area (Å²) >= 11 is 5.64. The summed E-state index contributed by atoms with van der Waals surface area (Å²) in [4.78, 5) is 23.7. The van der Waals surface area contributed by atoms with Crippen molar-refractivity contribution in [3.05, 3.63) is 58.9 Å². The molecular formula is C18H18ClFN2O3. The first-order valence-corrected chi connectivity index (χ1v) is 8.01. The van der Waals surface area contributed by atoms with Crippen molar-refractivity contribution in [2.24, 2.45) is 0 Å². The van der Waals surface area contributed by atoms with Crippen LogP contribution in [-0.4, -0.2) is 24.5 Å². The van der Waals surface area contributed by atoms with E-state index in [4.69, 9.17) is 16.3 Å². The van der Waals surface area contributed by atoms with Gasteiger partial charge in [-0.3, -0.25) is 9.59 Å². The fraction of sp³-hybridized carbons (Fsp3) is 0.222. The Morgan fingerprint density at radius 1 is 1.16 bits per heavy atom. The number of halogens is 2. The Hall–Kier alpha value is -2.60. The summed E-state index contributed by atoms with van der Waals surface area (Å²) in [5.41, 5.74) is 1.04. The molecule has 0 aromatic heterocycles. The van der Waals surface area contributed by atoms with E-state index in [1.54, 1.807) is 24.3 Å². The van der Waals surface area contributed by atoms with E-state index in [-0.39, 0.29) is 29.5 Å². The maximum atomic E-state index is 13.0. The Morgan fingerprint density at radius 2 is 1.84 bits per heavy atom. The van der Waals surface area contributed by atoms with E-state index in [9.17, 15) is 14.0 Å². The molecule has 2 aromatic carbocycles. The lowest BCUT2D eigenvalue weighted by atomic mass is 10.2. The van der Waals surface area contributed by atoms with Gasteiger partial charge < -0.3 is 15.4 Å². The van der Waals surface area contributed by atoms with Crippen LogP contribution in [0.25, 0.3) is 0 Å². The molecule has 0 saturated carbocycles. The van der Waals surface area contributed by atoms with Crippen LogP contribution in [0.4, 0.5) is 10.1 Å². The van der Waals surface area contributed by atoms with E-state index >= 15 is 0 Å². The SMILES string of the molecule is CC(C)NC(=O)c1ccc(NC(=O)COc2ccc(F)c(Cl)c2)cc1. The molecule has 2 rings (SSSR count). The molecule has 25 heavy (non-hydrogen) atoms. The Balaban J connectivity index is 1.87. The Kier molecular flexibility index (Phi) is 6.36. The van der Waals surface area contributed by atoms with Gasteiger partial charge in [-0.15, -0.1) is 0 Å². The van der Waals surface area contributed by atoms with E-state index < -0.39 is 5.82 Å². The predicted molar refractivity (Wildman–Crippen MR) is 94.6 cm³/mol. The van der Waals surface area contributed by atoms with E-state index in [0.717, 1.165) is 6.07 Å². The van der Waals surface area contributed by atoms with Gasteiger partial charge in [-0.25, -0.2) is 4.39 Å². The van der Waals surface area contributed by atoms with Crippen molar-refractivity contribution in [2.45, 2.75) is 19.9 Å². The number of amides is 2. The molecule has 0 unspecified atom stereocenters. The van der Waals surface area contributed by atoms with Gasteiger partial charge in [0.15, 0.2) is 6.61 Å². The lowest BCUT2D eigenvalue weighted by Crippen LogP contribution is -2.30. The van der Waals surface area contributed by atoms with Gasteiger partial charge in [0.25, 0.3) is 11.8 Å². The monoisotopic (exact) mass is 364 g/mol. The first kappa shape index (κ1) is 18.7. The second kappa shape index (κ2) is 8.48. The third-order valence-electron chi connectivity index (χ3n) is 3.11. The van der Waals surface area contributed by atoms with Crippen molar-refractivity contribution in [1.29, 1.82) is 0 Å². The van der Waals surface area contributed by atoms with Crippen LogP contribution in [0.5, 0.6) is 5.75 Å². The average Bonchev–Trinajstić information content (AvgIpc) is 2.56. The summed E-state index contributed by atoms with van der Waals surface area (Å²) in [6, 6.07) is 10.4. The first-order chi connectivity index (χ1) is 11.8. The third-order valence-corrected chi connectivity index (χ3v) is 3.40. The number of hydrogen-bond acceptors (Lipinski definition) is 3. The van der Waals surface area contributed by atoms with Crippen LogP contribution in [0.1, 0.15) is 24.2 Å². The molecule has 5 nitrogen and oxygen atoms in total. The highest BCUT2D eigenvalue weighted by atomic mass is 35.5. The minimum atomic E-state index is -0.555. The zero-order valence-corrected chi connectivity index (χ0v) is 14.6. The van der Waals surface area contributed by atoms with Gasteiger partial charge in [-0.2, -0.15) is 0 Å². The second-order valence-electron chi connectivity index (χ2n) is 5.62. The van der Waals surface area contributed by atoms with Gasteiger partial charge in [-0.05, 0) is 50.2 Å². The summed E-state index contributed by atoms with van der Waals surface area (Å²) in [6.07, 6.45) is 0. The van der Waals surface area contributed by atoms with Gasteiger partial charge in [-0.1, -0.05) is 11.6 Å². The van der Waals surface area contributed by atoms with Crippen LogP contribution in [0, 0.1) is 5.82 Å². The topological polar surface area (TPSA) is 67.4 Å². The number of carbonyl (C=O) groups is 2. The van der Waals surface area contributed by atoms with E-state index in [1.807, 2.05) is 13.8 Å². The van der Waals surface area contributed by atoms with Gasteiger partial charge in [0.1, 0.15) is 11.6 Å². The normalized spacial score (nSPS) is 10.4. The molecule has 0 radical (unpaired) electrons. The molecule has 0 aliphatic rings. The lowest BCUT2D eigenvalue weighted by molar-refractivity contribution is -0.118. The molecule has 7 heteroatoms. The molecular weight excluding hydrogens is 347 g/mol. The summed E-state index contributed by atoms with van der Waals surface area (Å²) in [5, 5.41) is 5.35. The van der Waals surface area contributed by atoms with E-state index in [0.29, 0.717) is 17.0 Å². The molecule has 0 fully saturated rings. The summed E-state index contributed by atoms with van der Waals surface area (Å²) in [7, 11) is 0. The fourth-order valence-electron chi connectivity index (χ4n) is 1.96. The van der Waals surface area contributed by atoms with Gasteiger partial charge in [0.05, 0.1) is 5.02 Å². The largest absolute Gasteiger partial charge is 0.484 e. The smallest absolute Gasteiger partial charge is 0.262 e. The van der Waals surface area contributed by atoms with Crippen molar-refractivity contribution >= 4 is 29.1 Å². The number of ether oxygens (including phenoxy) is 1. The maximum absolute atomic E-state index is 13.0. The highest BCUT2D eigenvalue weighted by molar-refractivity contribution is 6.30. The number of anilines is 1. The number of nitrogens with one attached hydrogen (secondary N) is 2. The van der Waals surface area contributed by atoms with Crippen molar-refractivity contribution in [1.82, 2.24) is 5.32 Å². The van der Waals surface area contributed by atoms with Crippen LogP contribution in [0.3, 0.4) is 0 Å². The van der Waals surface area contributed by atoms with Crippen LogP contribution in [-0.2, 0) is 4.79 Å². The zero-order valence-electron chi connectivity index (χ0n) is 13.8. The number of carbonyl (C=O) groups excluding carboxylic acids is 2. The molecule has 0 heterocycles. The Morgan fingerprint density at radius 3 is 2.44 bits per heavy atom. The highest BCUT2D eigenvalue weighted by Gasteiger charge is 2.09. The van der Waals surface area contributed by atoms with Crippen LogP contribution in [0.2, 0.25) is 5.02 Å². The minimum Gasteiger partial charge on any atom is -0.484 e. The molecule has 0 aliphatic carbocycles. The van der Waals surface area contributed by atoms with Gasteiger partial charge in [0.2, 0.25) is 0 Å². The highest BCUT2D eigenvalue weighted by Crippen LogP contribution is 2.21. The standard InChI is InChI=1S/C18H18ClFN2O3/c1-11(2)21-18(24)12-3-5-13(6-4-12)22-17(23)10-25-14-7-8-16(20)15(19)9-14/h3-9,11H,10H2,1-2H3,(H,21,24)(H,22,23). The lowest BCUT2D eigenvalue weighted by Gasteiger charge is -2.10. The van der Waals surface area contributed by atoms with Crippen LogP contribution in [0.15, 0.2) is 42.5 Å². The third kappa shape index (κ3) is 5.76. The Labute approximate surface area is 150 Å². The van der Waals surface area contributed by atoms with Gasteiger partial charge in [0, 0.05) is 23.4 Å². The van der Waals surface area contributed by atoms with Crippen molar-refractivity contribution in [3.8, 4) is 5.75 Å². The molecule has 0 saturated heterocycles. The van der Waals surface area contributed by atoms with Crippen molar-refractivity contribution in [3.63, 3.8) is 0 Å². The van der Waals surface area contributed by atoms with E-state index in [1.165, 1.54) is 12.1 Å². The first-order valence-electron chi connectivity index (χ1n) is 7.64. The predicted octanol–water partition coefficient (Wildman–Crippen LogP) is 3.63. The zero-order chi connectivity index (χ0) is 18.4. The second-order valence-corrected chi connectivity index (χ2v) is 6.03. The minimum absolute atomic E-state index is 0.0454. The molecule has 2 amide bonds. The summed E-state index contributed by atoms with van der Waals surface area (Å²) in [6.45, 7) is 3.50. The quantitative estimate of drug-likeness (QED) is 0.822. The molecule has 0 spiro atoms. The Bertz CT molecular complexity index is 763. The van der Waals surface area contributed by atoms with Gasteiger partial charge >= 0.3 is 0 Å². The molecule has 0 atom stereocenters.